The summed E-state index contributed by atoms with van der Waals surface area (Å²) in [6.45, 7) is 3.65. The molecule has 2 rings (SSSR count). The Morgan fingerprint density at radius 1 is 1.05 bits per heavy atom. The van der Waals surface area contributed by atoms with Crippen LogP contribution in [0.15, 0.2) is 30.3 Å². The fourth-order valence-corrected chi connectivity index (χ4v) is 2.10. The Bertz CT molecular complexity index is 660. The van der Waals surface area contributed by atoms with Crippen molar-refractivity contribution in [1.29, 1.82) is 0 Å². The van der Waals surface area contributed by atoms with Crippen LogP contribution in [0.4, 0.5) is 18.9 Å². The molecule has 0 aliphatic carbocycles. The third-order valence-corrected chi connectivity index (χ3v) is 3.35. The Morgan fingerprint density at radius 2 is 1.62 bits per heavy atom. The number of alkyl halides is 3. The number of halogens is 4. The molecule has 0 aliphatic rings. The van der Waals surface area contributed by atoms with E-state index >= 15 is 0 Å². The number of anilines is 1. The minimum absolute atomic E-state index is 0.100. The van der Waals surface area contributed by atoms with Gasteiger partial charge in [-0.3, -0.25) is 0 Å². The Hall–Kier alpha value is -1.88. The summed E-state index contributed by atoms with van der Waals surface area (Å²) >= 11 is 5.85. The molecule has 0 aromatic heterocycles. The zero-order valence-electron chi connectivity index (χ0n) is 11.4. The summed E-state index contributed by atoms with van der Waals surface area (Å²) < 4.78 is 43.2. The van der Waals surface area contributed by atoms with Crippen LogP contribution in [-0.2, 0) is 6.18 Å². The molecule has 2 N–H and O–H groups in total. The molecule has 2 aromatic carbocycles. The van der Waals surface area contributed by atoms with E-state index in [1.807, 2.05) is 13.8 Å². The van der Waals surface area contributed by atoms with Gasteiger partial charge in [-0.2, -0.15) is 13.2 Å². The highest BCUT2D eigenvalue weighted by molar-refractivity contribution is 6.32. The summed E-state index contributed by atoms with van der Waals surface area (Å²) in [6.07, 6.45) is -4.43. The van der Waals surface area contributed by atoms with E-state index in [0.29, 0.717) is 11.4 Å². The van der Waals surface area contributed by atoms with Crippen molar-refractivity contribution in [3.8, 4) is 11.5 Å². The lowest BCUT2D eigenvalue weighted by molar-refractivity contribution is -0.137. The molecule has 0 bridgehead atoms. The summed E-state index contributed by atoms with van der Waals surface area (Å²) in [6, 6.07) is 6.38. The maximum atomic E-state index is 12.6. The number of nitrogens with two attached hydrogens (primary N) is 1. The molecule has 0 atom stereocenters. The Labute approximate surface area is 125 Å². The van der Waals surface area contributed by atoms with Crippen LogP contribution in [0.1, 0.15) is 16.7 Å². The largest absolute Gasteiger partial charge is 0.456 e. The zero-order valence-corrected chi connectivity index (χ0v) is 12.1. The molecule has 0 unspecified atom stereocenters. The highest BCUT2D eigenvalue weighted by Crippen LogP contribution is 2.37. The normalized spacial score (nSPS) is 11.5. The number of aryl methyl sites for hydroxylation is 2. The number of benzene rings is 2. The van der Waals surface area contributed by atoms with Gasteiger partial charge in [-0.1, -0.05) is 11.6 Å². The maximum absolute atomic E-state index is 12.6. The van der Waals surface area contributed by atoms with Gasteiger partial charge in [-0.25, -0.2) is 0 Å². The zero-order chi connectivity index (χ0) is 15.8. The molecule has 112 valence electrons. The maximum Gasteiger partial charge on any atom is 0.416 e. The summed E-state index contributed by atoms with van der Waals surface area (Å²) in [5.41, 5.74) is 7.33. The molecule has 2 aromatic rings. The van der Waals surface area contributed by atoms with E-state index < -0.39 is 11.7 Å². The summed E-state index contributed by atoms with van der Waals surface area (Å²) in [5.74, 6) is 0.633. The molecule has 21 heavy (non-hydrogen) atoms. The Balaban J connectivity index is 2.32. The lowest BCUT2D eigenvalue weighted by atomic mass is 10.1. The Kier molecular flexibility index (Phi) is 4.05. The number of ether oxygens (including phenoxy) is 1. The van der Waals surface area contributed by atoms with Crippen LogP contribution < -0.4 is 10.5 Å². The lowest BCUT2D eigenvalue weighted by Crippen LogP contribution is -2.04. The Morgan fingerprint density at radius 3 is 2.10 bits per heavy atom. The molecule has 6 heteroatoms. The second kappa shape index (κ2) is 5.48. The van der Waals surface area contributed by atoms with Crippen LogP contribution >= 0.6 is 11.6 Å². The lowest BCUT2D eigenvalue weighted by Gasteiger charge is -2.13. The van der Waals surface area contributed by atoms with Gasteiger partial charge >= 0.3 is 6.18 Å². The van der Waals surface area contributed by atoms with Crippen molar-refractivity contribution < 1.29 is 17.9 Å². The van der Waals surface area contributed by atoms with Crippen LogP contribution in [0.25, 0.3) is 0 Å². The first-order valence-corrected chi connectivity index (χ1v) is 6.47. The van der Waals surface area contributed by atoms with Crippen LogP contribution in [0, 0.1) is 13.8 Å². The topological polar surface area (TPSA) is 35.2 Å². The molecule has 0 spiro atoms. The molecule has 0 radical (unpaired) electrons. The average Bonchev–Trinajstić information content (AvgIpc) is 2.37. The van der Waals surface area contributed by atoms with E-state index in [-0.39, 0.29) is 10.8 Å². The monoisotopic (exact) mass is 315 g/mol. The van der Waals surface area contributed by atoms with E-state index in [4.69, 9.17) is 22.1 Å². The molecule has 0 heterocycles. The van der Waals surface area contributed by atoms with Gasteiger partial charge in [0.2, 0.25) is 0 Å². The van der Waals surface area contributed by atoms with Gasteiger partial charge < -0.3 is 10.5 Å². The van der Waals surface area contributed by atoms with E-state index in [9.17, 15) is 13.2 Å². The van der Waals surface area contributed by atoms with Crippen molar-refractivity contribution in [2.45, 2.75) is 20.0 Å². The molecule has 0 aliphatic heterocycles. The van der Waals surface area contributed by atoms with Gasteiger partial charge in [0, 0.05) is 5.69 Å². The fourth-order valence-electron chi connectivity index (χ4n) is 1.88. The van der Waals surface area contributed by atoms with E-state index in [2.05, 4.69) is 0 Å². The molecule has 2 nitrogen and oxygen atoms in total. The highest BCUT2D eigenvalue weighted by Gasteiger charge is 2.31. The predicted molar refractivity (Wildman–Crippen MR) is 76.9 cm³/mol. The second-order valence-electron chi connectivity index (χ2n) is 4.72. The van der Waals surface area contributed by atoms with E-state index in [0.717, 1.165) is 23.3 Å². The summed E-state index contributed by atoms with van der Waals surface area (Å²) in [7, 11) is 0. The number of rotatable bonds is 2. The molecular weight excluding hydrogens is 303 g/mol. The third-order valence-electron chi connectivity index (χ3n) is 3.05. The van der Waals surface area contributed by atoms with Crippen molar-refractivity contribution in [2.24, 2.45) is 0 Å². The molecule has 0 saturated heterocycles. The number of hydrogen-bond donors (Lipinski definition) is 1. The fraction of sp³-hybridized carbons (Fsp3) is 0.200. The number of hydrogen-bond acceptors (Lipinski definition) is 2. The second-order valence-corrected chi connectivity index (χ2v) is 5.12. The third kappa shape index (κ3) is 3.42. The smallest absolute Gasteiger partial charge is 0.416 e. The van der Waals surface area contributed by atoms with Crippen molar-refractivity contribution >= 4 is 17.3 Å². The molecule has 0 amide bonds. The predicted octanol–water partition coefficient (Wildman–Crippen LogP) is 5.35. The minimum Gasteiger partial charge on any atom is -0.456 e. The summed E-state index contributed by atoms with van der Waals surface area (Å²) in [5, 5.41) is -0.100. The van der Waals surface area contributed by atoms with Crippen molar-refractivity contribution in [1.82, 2.24) is 0 Å². The highest BCUT2D eigenvalue weighted by atomic mass is 35.5. The standard InChI is InChI=1S/C15H13ClF3NO/c1-8-5-11(6-9(2)14(8)20)21-13-4-3-10(7-12(13)16)15(17,18)19/h3-7H,20H2,1-2H3. The van der Waals surface area contributed by atoms with Crippen molar-refractivity contribution in [3.63, 3.8) is 0 Å². The average molecular weight is 316 g/mol. The minimum atomic E-state index is -4.43. The van der Waals surface area contributed by atoms with Crippen molar-refractivity contribution in [3.05, 3.63) is 52.0 Å². The summed E-state index contributed by atoms with van der Waals surface area (Å²) in [4.78, 5) is 0. The van der Waals surface area contributed by atoms with Gasteiger partial charge in [0.05, 0.1) is 10.6 Å². The van der Waals surface area contributed by atoms with E-state index in [1.54, 1.807) is 12.1 Å². The number of nitrogen functional groups attached to an aromatic ring is 1. The quantitative estimate of drug-likeness (QED) is 0.758. The molecule has 0 fully saturated rings. The van der Waals surface area contributed by atoms with Crippen LogP contribution in [0.3, 0.4) is 0 Å². The van der Waals surface area contributed by atoms with Crippen molar-refractivity contribution in [2.75, 3.05) is 5.73 Å². The SMILES string of the molecule is Cc1cc(Oc2ccc(C(F)(F)F)cc2Cl)cc(C)c1N. The first-order chi connectivity index (χ1) is 9.68. The van der Waals surface area contributed by atoms with Gasteiger partial charge in [0.15, 0.2) is 0 Å². The van der Waals surface area contributed by atoms with Crippen LogP contribution in [0.2, 0.25) is 5.02 Å². The molecule has 0 saturated carbocycles. The first kappa shape index (κ1) is 15.5. The van der Waals surface area contributed by atoms with E-state index in [1.165, 1.54) is 6.07 Å². The van der Waals surface area contributed by atoms with Gasteiger partial charge in [-0.15, -0.1) is 0 Å². The first-order valence-electron chi connectivity index (χ1n) is 6.10. The van der Waals surface area contributed by atoms with Crippen LogP contribution in [0.5, 0.6) is 11.5 Å². The van der Waals surface area contributed by atoms with Gasteiger partial charge in [0.25, 0.3) is 0 Å². The van der Waals surface area contributed by atoms with Gasteiger partial charge in [0.1, 0.15) is 11.5 Å². The molecular formula is C15H13ClF3NO. The van der Waals surface area contributed by atoms with Gasteiger partial charge in [-0.05, 0) is 55.3 Å². The van der Waals surface area contributed by atoms with Crippen LogP contribution in [-0.4, -0.2) is 0 Å².